The normalized spacial score (nSPS) is 18.3. The number of hydrogen-bond donors (Lipinski definition) is 1. The molecular weight excluding hydrogens is 409 g/mol. The van der Waals surface area contributed by atoms with Gasteiger partial charge in [0.05, 0.1) is 6.04 Å². The molecule has 1 saturated heterocycles. The lowest BCUT2D eigenvalue weighted by Crippen LogP contribution is -2.48. The van der Waals surface area contributed by atoms with Crippen molar-refractivity contribution in [3.8, 4) is 0 Å². The predicted octanol–water partition coefficient (Wildman–Crippen LogP) is 3.38. The first kappa shape index (κ1) is 20.1. The van der Waals surface area contributed by atoms with Crippen molar-refractivity contribution >= 4 is 45.0 Å². The van der Waals surface area contributed by atoms with Crippen LogP contribution in [0.2, 0.25) is 5.02 Å². The highest BCUT2D eigenvalue weighted by Crippen LogP contribution is 2.29. The van der Waals surface area contributed by atoms with Crippen molar-refractivity contribution in [1.29, 1.82) is 0 Å². The summed E-state index contributed by atoms with van der Waals surface area (Å²) in [7, 11) is -3.58. The molecule has 1 unspecified atom stereocenters. The summed E-state index contributed by atoms with van der Waals surface area (Å²) < 4.78 is 33.1. The minimum Gasteiger partial charge on any atom is -0.356 e. The largest absolute Gasteiger partial charge is 0.356 e. The highest BCUT2D eigenvalue weighted by atomic mass is 35.5. The molecule has 0 amide bonds. The van der Waals surface area contributed by atoms with Gasteiger partial charge >= 0.3 is 0 Å². The molecule has 1 N–H and O–H groups in total. The number of hydrogen-bond acceptors (Lipinski definition) is 5. The van der Waals surface area contributed by atoms with Crippen molar-refractivity contribution in [2.75, 3.05) is 19.6 Å². The van der Waals surface area contributed by atoms with Gasteiger partial charge in [-0.25, -0.2) is 8.42 Å². The summed E-state index contributed by atoms with van der Waals surface area (Å²) >= 11 is 6.10. The molecule has 1 aliphatic rings. The Kier molecular flexibility index (Phi) is 6.08. The topological polar surface area (TPSA) is 75.4 Å². The summed E-state index contributed by atoms with van der Waals surface area (Å²) in [5.41, 5.74) is 1.90. The molecule has 1 aliphatic heterocycles. The molecule has 144 valence electrons. The van der Waals surface area contributed by atoms with Gasteiger partial charge in [0, 0.05) is 30.0 Å². The molecular formula is C18H19Cl2N3O3S. The van der Waals surface area contributed by atoms with E-state index in [-0.39, 0.29) is 24.2 Å². The van der Waals surface area contributed by atoms with Crippen molar-refractivity contribution in [3.05, 3.63) is 64.8 Å². The maximum absolute atomic E-state index is 13.1. The second kappa shape index (κ2) is 8.16. The number of nitrogens with one attached hydrogen (secondary N) is 1. The SMILES string of the molecule is Cl.O=S(=O)(Cc1noc2ccccc12)N1CCNCC1c1cccc(Cl)c1. The molecule has 3 aromatic rings. The van der Waals surface area contributed by atoms with Crippen LogP contribution >= 0.6 is 24.0 Å². The second-order valence-corrected chi connectivity index (χ2v) is 8.63. The van der Waals surface area contributed by atoms with Gasteiger partial charge in [-0.15, -0.1) is 12.4 Å². The summed E-state index contributed by atoms with van der Waals surface area (Å²) in [5, 5.41) is 8.55. The molecule has 0 radical (unpaired) electrons. The number of fused-ring (bicyclic) bond motifs is 1. The van der Waals surface area contributed by atoms with E-state index in [1.807, 2.05) is 36.4 Å². The Morgan fingerprint density at radius 2 is 2.04 bits per heavy atom. The van der Waals surface area contributed by atoms with Crippen LogP contribution in [0, 0.1) is 0 Å². The molecule has 2 aromatic carbocycles. The van der Waals surface area contributed by atoms with E-state index < -0.39 is 10.0 Å². The first-order valence-electron chi connectivity index (χ1n) is 8.33. The van der Waals surface area contributed by atoms with Crippen LogP contribution in [-0.4, -0.2) is 37.5 Å². The molecule has 2 heterocycles. The maximum Gasteiger partial charge on any atom is 0.220 e. The number of benzene rings is 2. The number of sulfonamides is 1. The van der Waals surface area contributed by atoms with Crippen LogP contribution in [0.1, 0.15) is 17.3 Å². The molecule has 6 nitrogen and oxygen atoms in total. The molecule has 27 heavy (non-hydrogen) atoms. The number of rotatable bonds is 4. The average molecular weight is 428 g/mol. The van der Waals surface area contributed by atoms with Gasteiger partial charge < -0.3 is 9.84 Å². The zero-order valence-electron chi connectivity index (χ0n) is 14.3. The molecule has 1 atom stereocenters. The van der Waals surface area contributed by atoms with Gasteiger partial charge in [0.1, 0.15) is 11.4 Å². The Hall–Kier alpha value is -1.64. The van der Waals surface area contributed by atoms with Gasteiger partial charge in [-0.05, 0) is 29.8 Å². The predicted molar refractivity (Wildman–Crippen MR) is 108 cm³/mol. The Balaban J connectivity index is 0.00000210. The third kappa shape index (κ3) is 4.12. The standard InChI is InChI=1S/C18H18ClN3O3S.ClH/c19-14-5-3-4-13(10-14)17-11-20-8-9-22(17)26(23,24)12-16-15-6-1-2-7-18(15)25-21-16;/h1-7,10,17,20H,8-9,11-12H2;1H. The lowest BCUT2D eigenvalue weighted by molar-refractivity contribution is 0.271. The van der Waals surface area contributed by atoms with Crippen LogP contribution in [0.25, 0.3) is 11.0 Å². The Morgan fingerprint density at radius 1 is 1.22 bits per heavy atom. The fourth-order valence-electron chi connectivity index (χ4n) is 3.31. The van der Waals surface area contributed by atoms with E-state index in [0.717, 1.165) is 10.9 Å². The molecule has 9 heteroatoms. The van der Waals surface area contributed by atoms with E-state index in [2.05, 4.69) is 10.5 Å². The highest BCUT2D eigenvalue weighted by molar-refractivity contribution is 7.88. The van der Waals surface area contributed by atoms with Crippen LogP contribution < -0.4 is 5.32 Å². The number of aromatic nitrogens is 1. The van der Waals surface area contributed by atoms with E-state index in [9.17, 15) is 8.42 Å². The second-order valence-electron chi connectivity index (χ2n) is 6.27. The van der Waals surface area contributed by atoms with E-state index in [1.165, 1.54) is 0 Å². The van der Waals surface area contributed by atoms with Crippen LogP contribution in [0.15, 0.2) is 53.1 Å². The van der Waals surface area contributed by atoms with Gasteiger partial charge in [0.2, 0.25) is 10.0 Å². The molecule has 1 fully saturated rings. The molecule has 0 saturated carbocycles. The molecule has 0 bridgehead atoms. The van der Waals surface area contributed by atoms with Crippen molar-refractivity contribution in [3.63, 3.8) is 0 Å². The fraction of sp³-hybridized carbons (Fsp3) is 0.278. The zero-order valence-corrected chi connectivity index (χ0v) is 16.7. The van der Waals surface area contributed by atoms with Crippen LogP contribution in [0.4, 0.5) is 0 Å². The van der Waals surface area contributed by atoms with Crippen LogP contribution in [0.3, 0.4) is 0 Å². The lowest BCUT2D eigenvalue weighted by Gasteiger charge is -2.35. The third-order valence-electron chi connectivity index (χ3n) is 4.56. The van der Waals surface area contributed by atoms with Crippen molar-refractivity contribution in [2.24, 2.45) is 0 Å². The molecule has 0 spiro atoms. The quantitative estimate of drug-likeness (QED) is 0.690. The smallest absolute Gasteiger partial charge is 0.220 e. The Morgan fingerprint density at radius 3 is 2.85 bits per heavy atom. The highest BCUT2D eigenvalue weighted by Gasteiger charge is 2.34. The zero-order chi connectivity index (χ0) is 18.1. The van der Waals surface area contributed by atoms with Crippen LogP contribution in [-0.2, 0) is 15.8 Å². The lowest BCUT2D eigenvalue weighted by atomic mass is 10.1. The summed E-state index contributed by atoms with van der Waals surface area (Å²) in [6, 6.07) is 14.3. The average Bonchev–Trinajstić information content (AvgIpc) is 3.04. The minimum atomic E-state index is -3.58. The van der Waals surface area contributed by atoms with Gasteiger partial charge in [-0.3, -0.25) is 0 Å². The summed E-state index contributed by atoms with van der Waals surface area (Å²) in [4.78, 5) is 0. The number of para-hydroxylation sites is 1. The van der Waals surface area contributed by atoms with Gasteiger partial charge in [-0.1, -0.05) is 41.0 Å². The number of piperazine rings is 1. The van der Waals surface area contributed by atoms with Crippen molar-refractivity contribution < 1.29 is 12.9 Å². The van der Waals surface area contributed by atoms with E-state index in [0.29, 0.717) is 35.9 Å². The summed E-state index contributed by atoms with van der Waals surface area (Å²) in [5.74, 6) is -0.193. The van der Waals surface area contributed by atoms with Crippen molar-refractivity contribution in [1.82, 2.24) is 14.8 Å². The summed E-state index contributed by atoms with van der Waals surface area (Å²) in [6.07, 6.45) is 0. The molecule has 1 aromatic heterocycles. The van der Waals surface area contributed by atoms with Gasteiger partial charge in [0.25, 0.3) is 0 Å². The van der Waals surface area contributed by atoms with Crippen molar-refractivity contribution in [2.45, 2.75) is 11.8 Å². The van der Waals surface area contributed by atoms with E-state index >= 15 is 0 Å². The number of halogens is 2. The third-order valence-corrected chi connectivity index (χ3v) is 6.58. The first-order chi connectivity index (χ1) is 12.5. The van der Waals surface area contributed by atoms with E-state index in [4.69, 9.17) is 16.1 Å². The monoisotopic (exact) mass is 427 g/mol. The Labute approximate surface area is 168 Å². The van der Waals surface area contributed by atoms with E-state index in [1.54, 1.807) is 16.4 Å². The van der Waals surface area contributed by atoms with Gasteiger partial charge in [0.15, 0.2) is 5.58 Å². The first-order valence-corrected chi connectivity index (χ1v) is 10.3. The Bertz CT molecular complexity index is 1040. The molecule has 4 rings (SSSR count). The molecule has 0 aliphatic carbocycles. The number of nitrogens with zero attached hydrogens (tertiary/aromatic N) is 2. The summed E-state index contributed by atoms with van der Waals surface area (Å²) in [6.45, 7) is 1.55. The maximum atomic E-state index is 13.1. The minimum absolute atomic E-state index is 0. The van der Waals surface area contributed by atoms with Crippen LogP contribution in [0.5, 0.6) is 0 Å². The fourth-order valence-corrected chi connectivity index (χ4v) is 5.19. The van der Waals surface area contributed by atoms with Gasteiger partial charge in [-0.2, -0.15) is 4.31 Å².